The van der Waals surface area contributed by atoms with E-state index in [0.29, 0.717) is 35.2 Å². The van der Waals surface area contributed by atoms with Gasteiger partial charge < -0.3 is 20.3 Å². The monoisotopic (exact) mass is 569 g/mol. The number of amides is 3. The maximum Gasteiger partial charge on any atom is 0.262 e. The Morgan fingerprint density at radius 3 is 2.50 bits per heavy atom. The lowest BCUT2D eigenvalue weighted by molar-refractivity contribution is -0.126. The van der Waals surface area contributed by atoms with Gasteiger partial charge in [0.1, 0.15) is 5.75 Å². The van der Waals surface area contributed by atoms with Crippen molar-refractivity contribution in [3.05, 3.63) is 87.4 Å². The molecular weight excluding hydrogens is 546 g/mol. The van der Waals surface area contributed by atoms with Crippen LogP contribution in [-0.4, -0.2) is 30.9 Å². The number of hydrogen-bond acceptors (Lipinski definition) is 4. The van der Waals surface area contributed by atoms with Crippen molar-refractivity contribution < 1.29 is 19.1 Å². The second kappa shape index (κ2) is 11.6. The predicted octanol–water partition coefficient (Wildman–Crippen LogP) is 5.10. The zero-order chi connectivity index (χ0) is 25.7. The minimum atomic E-state index is -0.409. The van der Waals surface area contributed by atoms with Gasteiger partial charge in [-0.1, -0.05) is 57.4 Å². The van der Waals surface area contributed by atoms with E-state index in [1.807, 2.05) is 31.2 Å². The Balaban J connectivity index is 1.27. The maximum absolute atomic E-state index is 12.6. The van der Waals surface area contributed by atoms with Crippen LogP contribution in [0.4, 0.5) is 11.4 Å². The van der Waals surface area contributed by atoms with Gasteiger partial charge in [0.2, 0.25) is 11.8 Å². The molecule has 4 rings (SSSR count). The van der Waals surface area contributed by atoms with Crippen molar-refractivity contribution in [2.45, 2.75) is 19.9 Å². The summed E-state index contributed by atoms with van der Waals surface area (Å²) in [7, 11) is 0. The van der Waals surface area contributed by atoms with Gasteiger partial charge in [-0.15, -0.1) is 0 Å². The first kappa shape index (κ1) is 25.7. The lowest BCUT2D eigenvalue weighted by Gasteiger charge is -2.17. The van der Waals surface area contributed by atoms with Gasteiger partial charge >= 0.3 is 0 Å². The molecule has 186 valence electrons. The number of aryl methyl sites for hydroxylation is 1. The normalized spacial score (nSPS) is 15.0. The van der Waals surface area contributed by atoms with E-state index >= 15 is 0 Å². The summed E-state index contributed by atoms with van der Waals surface area (Å²) in [5.41, 5.74) is 3.34. The molecule has 0 bridgehead atoms. The topological polar surface area (TPSA) is 87.7 Å². The number of nitrogens with zero attached hydrogens (tertiary/aromatic N) is 1. The van der Waals surface area contributed by atoms with Gasteiger partial charge in [0.25, 0.3) is 5.91 Å². The Bertz CT molecular complexity index is 1270. The molecule has 9 heteroatoms. The molecule has 1 atom stereocenters. The molecule has 0 spiro atoms. The zero-order valence-corrected chi connectivity index (χ0v) is 21.9. The molecular formula is C27H25BrClN3O4. The van der Waals surface area contributed by atoms with Crippen molar-refractivity contribution in [1.82, 2.24) is 5.32 Å². The number of carbonyl (C=O) groups is 3. The molecule has 1 fully saturated rings. The van der Waals surface area contributed by atoms with Crippen LogP contribution in [0, 0.1) is 12.8 Å². The van der Waals surface area contributed by atoms with Crippen molar-refractivity contribution in [3.8, 4) is 5.75 Å². The van der Waals surface area contributed by atoms with E-state index in [2.05, 4.69) is 26.6 Å². The molecule has 3 amide bonds. The number of hydrogen-bond donors (Lipinski definition) is 2. The standard InChI is InChI=1S/C27H25BrClN3O4/c1-17-2-4-18(5-3-17)14-30-27(35)19-12-26(34)32(15-19)21-7-9-22(10-8-21)36-16-25(33)31-24-11-6-20(28)13-23(24)29/h2-11,13,19H,12,14-16H2,1H3,(H,30,35)(H,31,33)/t19-/m0/s1. The van der Waals surface area contributed by atoms with E-state index in [1.165, 1.54) is 0 Å². The minimum Gasteiger partial charge on any atom is -0.484 e. The average Bonchev–Trinajstić information content (AvgIpc) is 3.26. The summed E-state index contributed by atoms with van der Waals surface area (Å²) in [5, 5.41) is 6.04. The van der Waals surface area contributed by atoms with Crippen molar-refractivity contribution in [2.24, 2.45) is 5.92 Å². The molecule has 1 aliphatic rings. The van der Waals surface area contributed by atoms with Gasteiger partial charge in [0.05, 0.1) is 16.6 Å². The lowest BCUT2D eigenvalue weighted by Crippen LogP contribution is -2.32. The highest BCUT2D eigenvalue weighted by Gasteiger charge is 2.35. The van der Waals surface area contributed by atoms with Gasteiger partial charge in [-0.05, 0) is 55.0 Å². The number of rotatable bonds is 8. The molecule has 1 saturated heterocycles. The van der Waals surface area contributed by atoms with Crippen LogP contribution in [0.1, 0.15) is 17.5 Å². The van der Waals surface area contributed by atoms with Crippen molar-refractivity contribution in [1.29, 1.82) is 0 Å². The summed E-state index contributed by atoms with van der Waals surface area (Å²) >= 11 is 9.44. The van der Waals surface area contributed by atoms with Crippen LogP contribution in [0.15, 0.2) is 71.2 Å². The number of anilines is 2. The summed E-state index contributed by atoms with van der Waals surface area (Å²) in [5.74, 6) is -0.520. The van der Waals surface area contributed by atoms with Crippen molar-refractivity contribution >= 4 is 56.6 Å². The zero-order valence-electron chi connectivity index (χ0n) is 19.6. The fourth-order valence-electron chi connectivity index (χ4n) is 3.82. The molecule has 0 saturated carbocycles. The fourth-order valence-corrected chi connectivity index (χ4v) is 4.54. The molecule has 1 aliphatic heterocycles. The molecule has 0 aromatic heterocycles. The van der Waals surface area contributed by atoms with E-state index in [4.69, 9.17) is 16.3 Å². The molecule has 2 N–H and O–H groups in total. The number of carbonyl (C=O) groups excluding carboxylic acids is 3. The smallest absolute Gasteiger partial charge is 0.262 e. The summed E-state index contributed by atoms with van der Waals surface area (Å²) in [6.07, 6.45) is 0.163. The highest BCUT2D eigenvalue weighted by atomic mass is 79.9. The van der Waals surface area contributed by atoms with Crippen LogP contribution < -0.4 is 20.3 Å². The molecule has 0 aliphatic carbocycles. The number of benzene rings is 3. The SMILES string of the molecule is Cc1ccc(CNC(=O)[C@H]2CC(=O)N(c3ccc(OCC(=O)Nc4ccc(Br)cc4Cl)cc3)C2)cc1. The third-order valence-electron chi connectivity index (χ3n) is 5.81. The summed E-state index contributed by atoms with van der Waals surface area (Å²) in [6, 6.07) is 20.0. The van der Waals surface area contributed by atoms with Gasteiger partial charge in [-0.25, -0.2) is 0 Å². The van der Waals surface area contributed by atoms with Gasteiger partial charge in [-0.3, -0.25) is 14.4 Å². The third-order valence-corrected chi connectivity index (χ3v) is 6.61. The molecule has 7 nitrogen and oxygen atoms in total. The van der Waals surface area contributed by atoms with Gasteiger partial charge in [-0.2, -0.15) is 0 Å². The quantitative estimate of drug-likeness (QED) is 0.395. The first-order valence-corrected chi connectivity index (χ1v) is 12.6. The maximum atomic E-state index is 12.6. The van der Waals surface area contributed by atoms with Crippen molar-refractivity contribution in [2.75, 3.05) is 23.4 Å². The predicted molar refractivity (Wildman–Crippen MR) is 143 cm³/mol. The van der Waals surface area contributed by atoms with Gasteiger partial charge in [0.15, 0.2) is 6.61 Å². The Morgan fingerprint density at radius 2 is 1.81 bits per heavy atom. The first-order chi connectivity index (χ1) is 17.3. The highest BCUT2D eigenvalue weighted by molar-refractivity contribution is 9.10. The Labute approximate surface area is 222 Å². The molecule has 36 heavy (non-hydrogen) atoms. The largest absolute Gasteiger partial charge is 0.484 e. The number of halogens is 2. The van der Waals surface area contributed by atoms with Crippen LogP contribution in [0.2, 0.25) is 5.02 Å². The summed E-state index contributed by atoms with van der Waals surface area (Å²) < 4.78 is 6.37. The highest BCUT2D eigenvalue weighted by Crippen LogP contribution is 2.28. The van der Waals surface area contributed by atoms with Crippen LogP contribution in [-0.2, 0) is 20.9 Å². The molecule has 3 aromatic rings. The van der Waals surface area contributed by atoms with Crippen molar-refractivity contribution in [3.63, 3.8) is 0 Å². The second-order valence-electron chi connectivity index (χ2n) is 8.56. The molecule has 0 radical (unpaired) electrons. The van der Waals surface area contributed by atoms with E-state index in [9.17, 15) is 14.4 Å². The van der Waals surface area contributed by atoms with E-state index in [0.717, 1.165) is 15.6 Å². The second-order valence-corrected chi connectivity index (χ2v) is 9.89. The third kappa shape index (κ3) is 6.65. The molecule has 3 aromatic carbocycles. The minimum absolute atomic E-state index is 0.107. The number of ether oxygens (including phenoxy) is 1. The summed E-state index contributed by atoms with van der Waals surface area (Å²) in [4.78, 5) is 39.0. The first-order valence-electron chi connectivity index (χ1n) is 11.4. The number of nitrogens with one attached hydrogen (secondary N) is 2. The Hall–Kier alpha value is -3.36. The molecule has 1 heterocycles. The Kier molecular flexibility index (Phi) is 8.28. The fraction of sp³-hybridized carbons (Fsp3) is 0.222. The van der Waals surface area contributed by atoms with Crippen LogP contribution in [0.25, 0.3) is 0 Å². The average molecular weight is 571 g/mol. The van der Waals surface area contributed by atoms with E-state index in [1.54, 1.807) is 47.4 Å². The summed E-state index contributed by atoms with van der Waals surface area (Å²) in [6.45, 7) is 2.56. The molecule has 0 unspecified atom stereocenters. The Morgan fingerprint density at radius 1 is 1.08 bits per heavy atom. The van der Waals surface area contributed by atoms with E-state index in [-0.39, 0.29) is 30.7 Å². The van der Waals surface area contributed by atoms with E-state index < -0.39 is 5.92 Å². The van der Waals surface area contributed by atoms with Crippen LogP contribution in [0.5, 0.6) is 5.75 Å². The lowest BCUT2D eigenvalue weighted by atomic mass is 10.1. The van der Waals surface area contributed by atoms with Crippen LogP contribution >= 0.6 is 27.5 Å². The van der Waals surface area contributed by atoms with Gasteiger partial charge in [0, 0.05) is 29.7 Å². The van der Waals surface area contributed by atoms with Crippen LogP contribution in [0.3, 0.4) is 0 Å².